The summed E-state index contributed by atoms with van der Waals surface area (Å²) in [6.07, 6.45) is 3.74. The highest BCUT2D eigenvalue weighted by Crippen LogP contribution is 2.36. The molecule has 4 nitrogen and oxygen atoms in total. The van der Waals surface area contributed by atoms with Gasteiger partial charge in [0, 0.05) is 22.8 Å². The van der Waals surface area contributed by atoms with Gasteiger partial charge in [0.05, 0.1) is 12.2 Å². The first kappa shape index (κ1) is 16.5. The molecule has 1 aliphatic heterocycles. The second-order valence-corrected chi connectivity index (χ2v) is 7.40. The van der Waals surface area contributed by atoms with Crippen LogP contribution in [0.5, 0.6) is 0 Å². The Balaban J connectivity index is 2.21. The lowest BCUT2D eigenvalue weighted by Crippen LogP contribution is -2.38. The van der Waals surface area contributed by atoms with Crippen LogP contribution in [-0.4, -0.2) is 20.4 Å². The molecule has 0 bridgehead atoms. The van der Waals surface area contributed by atoms with E-state index in [0.29, 0.717) is 18.7 Å². The van der Waals surface area contributed by atoms with Gasteiger partial charge < -0.3 is 0 Å². The smallest absolute Gasteiger partial charge is 0.299 e. The number of rotatable bonds is 2. The number of benzene rings is 1. The average molecular weight is 398 g/mol. The van der Waals surface area contributed by atoms with E-state index in [1.807, 2.05) is 26.3 Å². The summed E-state index contributed by atoms with van der Waals surface area (Å²) in [5.41, 5.74) is 0.395. The van der Waals surface area contributed by atoms with Gasteiger partial charge in [-0.1, -0.05) is 15.9 Å². The molecule has 0 spiro atoms. The van der Waals surface area contributed by atoms with Crippen molar-refractivity contribution in [3.05, 3.63) is 56.4 Å². The molecule has 1 aromatic carbocycles. The van der Waals surface area contributed by atoms with E-state index in [4.69, 9.17) is 4.99 Å². The second kappa shape index (κ2) is 5.94. The van der Waals surface area contributed by atoms with Gasteiger partial charge in [-0.3, -0.25) is 14.1 Å². The van der Waals surface area contributed by atoms with Crippen molar-refractivity contribution in [1.82, 2.24) is 9.13 Å². The summed E-state index contributed by atoms with van der Waals surface area (Å²) in [5.74, 6) is -0.314. The van der Waals surface area contributed by atoms with Crippen molar-refractivity contribution in [3.63, 3.8) is 0 Å². The fourth-order valence-corrected chi connectivity index (χ4v) is 3.94. The van der Waals surface area contributed by atoms with Crippen molar-refractivity contribution in [1.29, 1.82) is 0 Å². The fourth-order valence-electron chi connectivity index (χ4n) is 2.91. The lowest BCUT2D eigenvalue weighted by atomic mass is 9.91. The number of halogens is 2. The number of aromatic nitrogens is 2. The summed E-state index contributed by atoms with van der Waals surface area (Å²) in [6, 6.07) is 4.83. The summed E-state index contributed by atoms with van der Waals surface area (Å²) >= 11 is 4.86. The van der Waals surface area contributed by atoms with Gasteiger partial charge in [0.15, 0.2) is 0 Å². The highest BCUT2D eigenvalue weighted by Gasteiger charge is 2.36. The third-order valence-corrected chi connectivity index (χ3v) is 5.30. The van der Waals surface area contributed by atoms with Gasteiger partial charge in [0.1, 0.15) is 16.4 Å². The maximum atomic E-state index is 14.4. The van der Waals surface area contributed by atoms with Crippen LogP contribution in [0.4, 0.5) is 4.39 Å². The molecule has 0 aliphatic carbocycles. The Hall–Kier alpha value is -1.34. The Labute approximate surface area is 146 Å². The van der Waals surface area contributed by atoms with Crippen LogP contribution in [0.3, 0.4) is 0 Å². The number of fused-ring (bicyclic) bond motifs is 1. The number of aryl methyl sites for hydroxylation is 1. The van der Waals surface area contributed by atoms with Gasteiger partial charge in [0.2, 0.25) is 0 Å². The van der Waals surface area contributed by atoms with Crippen molar-refractivity contribution < 1.29 is 4.39 Å². The van der Waals surface area contributed by atoms with E-state index in [9.17, 15) is 9.18 Å². The van der Waals surface area contributed by atoms with Crippen molar-refractivity contribution >= 4 is 32.7 Å². The predicted molar refractivity (Wildman–Crippen MR) is 95.9 cm³/mol. The molecule has 0 amide bonds. The number of hydrogen-bond donors (Lipinski definition) is 0. The Kier molecular flexibility index (Phi) is 4.27. The minimum absolute atomic E-state index is 0.0782. The summed E-state index contributed by atoms with van der Waals surface area (Å²) in [6.45, 7) is 4.72. The molecule has 1 aromatic heterocycles. The van der Waals surface area contributed by atoms with Gasteiger partial charge >= 0.3 is 5.69 Å². The van der Waals surface area contributed by atoms with Crippen molar-refractivity contribution in [3.8, 4) is 0 Å². The van der Waals surface area contributed by atoms with Gasteiger partial charge in [-0.15, -0.1) is 11.8 Å². The molecule has 3 rings (SSSR count). The average Bonchev–Trinajstić information content (AvgIpc) is 2.85. The first-order valence-corrected chi connectivity index (χ1v) is 9.31. The Morgan fingerprint density at radius 2 is 2.22 bits per heavy atom. The zero-order valence-corrected chi connectivity index (χ0v) is 15.5. The van der Waals surface area contributed by atoms with Crippen molar-refractivity contribution in [2.75, 3.05) is 6.26 Å². The number of hydrogen-bond acceptors (Lipinski definition) is 3. The largest absolute Gasteiger partial charge is 0.328 e. The monoisotopic (exact) mass is 397 g/mol. The molecule has 0 N–H and O–H groups in total. The second-order valence-electron chi connectivity index (χ2n) is 5.69. The normalized spacial score (nSPS) is 20.3. The van der Waals surface area contributed by atoms with Crippen LogP contribution in [0, 0.1) is 5.82 Å². The minimum atomic E-state index is -0.817. The Morgan fingerprint density at radius 1 is 1.48 bits per heavy atom. The quantitative estimate of drug-likeness (QED) is 0.776. The van der Waals surface area contributed by atoms with Gasteiger partial charge in [-0.05, 0) is 38.3 Å². The van der Waals surface area contributed by atoms with E-state index in [1.54, 1.807) is 21.3 Å². The van der Waals surface area contributed by atoms with E-state index >= 15 is 0 Å². The van der Waals surface area contributed by atoms with Crippen molar-refractivity contribution in [2.24, 2.45) is 4.99 Å². The first-order valence-electron chi connectivity index (χ1n) is 7.29. The van der Waals surface area contributed by atoms with Crippen LogP contribution < -0.4 is 5.69 Å². The first-order chi connectivity index (χ1) is 10.9. The molecule has 1 aliphatic rings. The van der Waals surface area contributed by atoms with E-state index in [1.165, 1.54) is 17.8 Å². The Bertz CT molecular complexity index is 857. The minimum Gasteiger partial charge on any atom is -0.299 e. The van der Waals surface area contributed by atoms with Crippen LogP contribution in [0.1, 0.15) is 25.1 Å². The molecule has 7 heteroatoms. The number of nitrogens with zero attached hydrogens (tertiary/aromatic N) is 3. The SMILES string of the molecule is CCn1cc2n(c1=O)C[C@@](C)(c1cc(Br)ccc1F)N=C2SC. The van der Waals surface area contributed by atoms with Crippen LogP contribution in [0.25, 0.3) is 0 Å². The van der Waals surface area contributed by atoms with Crippen LogP contribution in [0.15, 0.2) is 38.7 Å². The lowest BCUT2D eigenvalue weighted by molar-refractivity contribution is 0.378. The maximum absolute atomic E-state index is 14.4. The molecule has 0 fully saturated rings. The molecule has 122 valence electrons. The van der Waals surface area contributed by atoms with E-state index in [2.05, 4.69) is 15.9 Å². The summed E-state index contributed by atoms with van der Waals surface area (Å²) in [5, 5.41) is 0.752. The number of thioether (sulfide) groups is 1. The standard InChI is InChI=1S/C16H17BrFN3OS/c1-4-20-8-13-14(23-3)19-16(2,9-21(13)15(20)22)11-7-10(17)5-6-12(11)18/h5-8H,4,9H2,1-3H3/t16-/m0/s1. The third-order valence-electron chi connectivity index (χ3n) is 4.12. The van der Waals surface area contributed by atoms with Gasteiger partial charge in [-0.2, -0.15) is 0 Å². The highest BCUT2D eigenvalue weighted by atomic mass is 79.9. The molecule has 0 saturated carbocycles. The number of aliphatic imine (C=N–C) groups is 1. The topological polar surface area (TPSA) is 39.3 Å². The van der Waals surface area contributed by atoms with Crippen LogP contribution >= 0.6 is 27.7 Å². The molecule has 0 radical (unpaired) electrons. The van der Waals surface area contributed by atoms with Gasteiger partial charge in [0.25, 0.3) is 0 Å². The zero-order valence-electron chi connectivity index (χ0n) is 13.1. The van der Waals surface area contributed by atoms with E-state index in [-0.39, 0.29) is 11.5 Å². The third kappa shape index (κ3) is 2.70. The Morgan fingerprint density at radius 3 is 2.87 bits per heavy atom. The molecular formula is C16H17BrFN3OS. The summed E-state index contributed by atoms with van der Waals surface area (Å²) in [4.78, 5) is 17.3. The lowest BCUT2D eigenvalue weighted by Gasteiger charge is -2.32. The van der Waals surface area contributed by atoms with Crippen LogP contribution in [-0.2, 0) is 18.6 Å². The van der Waals surface area contributed by atoms with Crippen LogP contribution in [0.2, 0.25) is 0 Å². The summed E-state index contributed by atoms with van der Waals surface area (Å²) < 4.78 is 18.5. The molecule has 0 unspecified atom stereocenters. The van der Waals surface area contributed by atoms with Gasteiger partial charge in [-0.25, -0.2) is 9.18 Å². The zero-order chi connectivity index (χ0) is 16.8. The summed E-state index contributed by atoms with van der Waals surface area (Å²) in [7, 11) is 0. The molecule has 1 atom stereocenters. The molecule has 2 aromatic rings. The fraction of sp³-hybridized carbons (Fsp3) is 0.375. The predicted octanol–water partition coefficient (Wildman–Crippen LogP) is 3.61. The molecule has 23 heavy (non-hydrogen) atoms. The maximum Gasteiger partial charge on any atom is 0.328 e. The highest BCUT2D eigenvalue weighted by molar-refractivity contribution is 9.10. The van der Waals surface area contributed by atoms with E-state index < -0.39 is 5.54 Å². The van der Waals surface area contributed by atoms with E-state index in [0.717, 1.165) is 15.2 Å². The van der Waals surface area contributed by atoms with Crippen molar-refractivity contribution in [2.45, 2.75) is 32.5 Å². The number of imidazole rings is 1. The molecule has 2 heterocycles. The molecular weight excluding hydrogens is 381 g/mol. The molecule has 0 saturated heterocycles.